The van der Waals surface area contributed by atoms with E-state index in [9.17, 15) is 0 Å². The third kappa shape index (κ3) is 3.41. The maximum Gasteiger partial charge on any atom is 0.0663 e. The molecule has 0 fully saturated rings. The van der Waals surface area contributed by atoms with Crippen molar-refractivity contribution in [3.8, 4) is 0 Å². The van der Waals surface area contributed by atoms with Crippen LogP contribution in [0.2, 0.25) is 0 Å². The van der Waals surface area contributed by atoms with Gasteiger partial charge in [-0.25, -0.2) is 0 Å². The molecule has 2 N–H and O–H groups in total. The summed E-state index contributed by atoms with van der Waals surface area (Å²) in [6.45, 7) is 8.45. The zero-order valence-electron chi connectivity index (χ0n) is 11.2. The van der Waals surface area contributed by atoms with Crippen LogP contribution in [0.3, 0.4) is 0 Å². The van der Waals surface area contributed by atoms with E-state index < -0.39 is 0 Å². The van der Waals surface area contributed by atoms with Crippen molar-refractivity contribution in [1.82, 2.24) is 4.98 Å². The quantitative estimate of drug-likeness (QED) is 0.818. The third-order valence-corrected chi connectivity index (χ3v) is 2.91. The van der Waals surface area contributed by atoms with Gasteiger partial charge in [0.2, 0.25) is 0 Å². The summed E-state index contributed by atoms with van der Waals surface area (Å²) in [5, 5.41) is 0. The van der Waals surface area contributed by atoms with Crippen LogP contribution in [0.15, 0.2) is 12.3 Å². The second kappa shape index (κ2) is 6.57. The van der Waals surface area contributed by atoms with Crippen molar-refractivity contribution < 1.29 is 4.74 Å². The molecular weight excluding hydrogens is 214 g/mol. The van der Waals surface area contributed by atoms with E-state index in [1.54, 1.807) is 7.11 Å². The number of ether oxygens (including phenoxy) is 1. The van der Waals surface area contributed by atoms with Crippen molar-refractivity contribution in [2.45, 2.75) is 33.4 Å². The Labute approximate surface area is 104 Å². The zero-order chi connectivity index (χ0) is 12.8. The lowest BCUT2D eigenvalue weighted by Crippen LogP contribution is -2.37. The van der Waals surface area contributed by atoms with Gasteiger partial charge in [0.05, 0.1) is 6.61 Å². The Hall–Kier alpha value is -1.13. The Morgan fingerprint density at radius 2 is 2.24 bits per heavy atom. The van der Waals surface area contributed by atoms with Gasteiger partial charge in [0, 0.05) is 49.4 Å². The molecule has 0 bridgehead atoms. The fraction of sp³-hybridized carbons (Fsp3) is 0.615. The highest BCUT2D eigenvalue weighted by Gasteiger charge is 2.16. The number of hydrogen-bond acceptors (Lipinski definition) is 4. The van der Waals surface area contributed by atoms with Crippen molar-refractivity contribution in [3.05, 3.63) is 23.5 Å². The monoisotopic (exact) mass is 237 g/mol. The number of rotatable bonds is 6. The van der Waals surface area contributed by atoms with Crippen LogP contribution in [0, 0.1) is 6.92 Å². The predicted molar refractivity (Wildman–Crippen MR) is 71.2 cm³/mol. The highest BCUT2D eigenvalue weighted by atomic mass is 16.5. The van der Waals surface area contributed by atoms with E-state index in [4.69, 9.17) is 10.5 Å². The maximum atomic E-state index is 5.77. The molecule has 0 spiro atoms. The summed E-state index contributed by atoms with van der Waals surface area (Å²) in [5.41, 5.74) is 9.04. The summed E-state index contributed by atoms with van der Waals surface area (Å²) < 4.78 is 5.22. The number of anilines is 1. The molecule has 1 aromatic heterocycles. The third-order valence-electron chi connectivity index (χ3n) is 2.91. The van der Waals surface area contributed by atoms with Crippen LogP contribution >= 0.6 is 0 Å². The standard InChI is InChI=1S/C13H23N3O/c1-5-16(11(3)9-17-4)13-6-10(2)15-8-12(13)7-14/h6,8,11H,5,7,9,14H2,1-4H3. The summed E-state index contributed by atoms with van der Waals surface area (Å²) in [4.78, 5) is 6.60. The first-order valence-electron chi connectivity index (χ1n) is 6.05. The van der Waals surface area contributed by atoms with Crippen molar-refractivity contribution in [1.29, 1.82) is 0 Å². The number of hydrogen-bond donors (Lipinski definition) is 1. The molecule has 1 heterocycles. The molecular formula is C13H23N3O. The molecule has 0 saturated heterocycles. The molecule has 0 radical (unpaired) electrons. The Kier molecular flexibility index (Phi) is 5.38. The first-order valence-corrected chi connectivity index (χ1v) is 6.05. The number of nitrogens with zero attached hydrogens (tertiary/aromatic N) is 2. The highest BCUT2D eigenvalue weighted by molar-refractivity contribution is 5.54. The molecule has 4 nitrogen and oxygen atoms in total. The predicted octanol–water partition coefficient (Wildman–Crippen LogP) is 1.71. The van der Waals surface area contributed by atoms with Crippen molar-refractivity contribution in [3.63, 3.8) is 0 Å². The molecule has 0 amide bonds. The number of pyridine rings is 1. The van der Waals surface area contributed by atoms with Crippen LogP contribution in [0.5, 0.6) is 0 Å². The molecule has 0 aromatic carbocycles. The number of aryl methyl sites for hydroxylation is 1. The van der Waals surface area contributed by atoms with E-state index >= 15 is 0 Å². The molecule has 1 atom stereocenters. The van der Waals surface area contributed by atoms with Crippen molar-refractivity contribution in [2.24, 2.45) is 5.73 Å². The van der Waals surface area contributed by atoms with Crippen LogP contribution in [0.25, 0.3) is 0 Å². The molecule has 1 unspecified atom stereocenters. The summed E-state index contributed by atoms with van der Waals surface area (Å²) in [5.74, 6) is 0. The van der Waals surface area contributed by atoms with E-state index in [1.807, 2.05) is 13.1 Å². The second-order valence-corrected chi connectivity index (χ2v) is 4.25. The molecule has 1 rings (SSSR count). The van der Waals surface area contributed by atoms with Gasteiger partial charge in [-0.2, -0.15) is 0 Å². The number of methoxy groups -OCH3 is 1. The number of nitrogens with two attached hydrogens (primary N) is 1. The van der Waals surface area contributed by atoms with Crippen LogP contribution in [-0.2, 0) is 11.3 Å². The zero-order valence-corrected chi connectivity index (χ0v) is 11.2. The lowest BCUT2D eigenvalue weighted by atomic mass is 10.1. The van der Waals surface area contributed by atoms with E-state index in [2.05, 4.69) is 29.8 Å². The van der Waals surface area contributed by atoms with E-state index in [0.29, 0.717) is 19.2 Å². The Balaban J connectivity index is 3.05. The Morgan fingerprint density at radius 1 is 1.53 bits per heavy atom. The first-order chi connectivity index (χ1) is 8.13. The topological polar surface area (TPSA) is 51.4 Å². The maximum absolute atomic E-state index is 5.77. The molecule has 96 valence electrons. The Morgan fingerprint density at radius 3 is 2.76 bits per heavy atom. The average Bonchev–Trinajstić information content (AvgIpc) is 2.31. The van der Waals surface area contributed by atoms with Gasteiger partial charge in [-0.1, -0.05) is 0 Å². The summed E-state index contributed by atoms with van der Waals surface area (Å²) in [6.07, 6.45) is 1.87. The molecule has 0 aliphatic heterocycles. The molecule has 1 aromatic rings. The average molecular weight is 237 g/mol. The van der Waals surface area contributed by atoms with E-state index in [-0.39, 0.29) is 0 Å². The van der Waals surface area contributed by atoms with Gasteiger partial charge in [-0.15, -0.1) is 0 Å². The lowest BCUT2D eigenvalue weighted by molar-refractivity contribution is 0.182. The fourth-order valence-corrected chi connectivity index (χ4v) is 2.05. The summed E-state index contributed by atoms with van der Waals surface area (Å²) >= 11 is 0. The van der Waals surface area contributed by atoms with Crippen molar-refractivity contribution >= 4 is 5.69 Å². The summed E-state index contributed by atoms with van der Waals surface area (Å²) in [7, 11) is 1.73. The molecule has 17 heavy (non-hydrogen) atoms. The smallest absolute Gasteiger partial charge is 0.0663 e. The minimum atomic E-state index is 0.331. The molecule has 0 aliphatic carbocycles. The van der Waals surface area contributed by atoms with Gasteiger partial charge >= 0.3 is 0 Å². The van der Waals surface area contributed by atoms with Crippen LogP contribution in [0.1, 0.15) is 25.1 Å². The van der Waals surface area contributed by atoms with Gasteiger partial charge in [0.15, 0.2) is 0 Å². The number of aromatic nitrogens is 1. The number of likely N-dealkylation sites (N-methyl/N-ethyl adjacent to an activating group) is 1. The molecule has 0 aliphatic rings. The van der Waals surface area contributed by atoms with Gasteiger partial charge in [0.1, 0.15) is 0 Å². The van der Waals surface area contributed by atoms with Crippen LogP contribution in [-0.4, -0.2) is 31.3 Å². The lowest BCUT2D eigenvalue weighted by Gasteiger charge is -2.31. The molecule has 4 heteroatoms. The van der Waals surface area contributed by atoms with Gasteiger partial charge in [0.25, 0.3) is 0 Å². The van der Waals surface area contributed by atoms with Gasteiger partial charge in [-0.3, -0.25) is 4.98 Å². The van der Waals surface area contributed by atoms with Crippen LogP contribution in [0.4, 0.5) is 5.69 Å². The molecule has 0 saturated carbocycles. The normalized spacial score (nSPS) is 12.5. The largest absolute Gasteiger partial charge is 0.383 e. The van der Waals surface area contributed by atoms with E-state index in [1.165, 1.54) is 5.69 Å². The first kappa shape index (κ1) is 13.9. The SMILES string of the molecule is CCN(c1cc(C)ncc1CN)C(C)COC. The highest BCUT2D eigenvalue weighted by Crippen LogP contribution is 2.22. The minimum Gasteiger partial charge on any atom is -0.383 e. The van der Waals surface area contributed by atoms with E-state index in [0.717, 1.165) is 17.8 Å². The second-order valence-electron chi connectivity index (χ2n) is 4.25. The van der Waals surface area contributed by atoms with Crippen molar-refractivity contribution in [2.75, 3.05) is 25.2 Å². The van der Waals surface area contributed by atoms with Gasteiger partial charge < -0.3 is 15.4 Å². The summed E-state index contributed by atoms with van der Waals surface area (Å²) in [6, 6.07) is 2.43. The van der Waals surface area contributed by atoms with Crippen LogP contribution < -0.4 is 10.6 Å². The van der Waals surface area contributed by atoms with Gasteiger partial charge in [-0.05, 0) is 26.8 Å². The Bertz CT molecular complexity index is 355. The minimum absolute atomic E-state index is 0.331. The fourth-order valence-electron chi connectivity index (χ4n) is 2.05.